The molecule has 5 nitrogen and oxygen atoms in total. The molecule has 2 aliphatic rings. The molecule has 172 valence electrons. The molecule has 0 radical (unpaired) electrons. The standard InChI is InChI=1S/C27H29FN2O3/c28-25-3-1-2-24(16-25)27(7-11-32-12-8-27)26(31)30-10-13-33-19-21(18-30)14-20-4-5-22-6-9-29-17-23(22)15-20/h1-6,9,15-17,21H,7-8,10-14,18-19H2. The first-order chi connectivity index (χ1) is 16.1. The Balaban J connectivity index is 1.38. The van der Waals surface area contributed by atoms with E-state index in [0.717, 1.165) is 17.4 Å². The van der Waals surface area contributed by atoms with Crippen LogP contribution in [0.3, 0.4) is 0 Å². The lowest BCUT2D eigenvalue weighted by molar-refractivity contribution is -0.141. The molecule has 0 saturated carbocycles. The highest BCUT2D eigenvalue weighted by Gasteiger charge is 2.44. The third kappa shape index (κ3) is 4.63. The predicted octanol–water partition coefficient (Wildman–Crippen LogP) is 4.14. The van der Waals surface area contributed by atoms with Crippen molar-refractivity contribution in [3.63, 3.8) is 0 Å². The SMILES string of the molecule is O=C(N1CCOCC(Cc2ccc3ccncc3c2)C1)C1(c2cccc(F)c2)CCOCC1. The van der Waals surface area contributed by atoms with E-state index in [0.29, 0.717) is 52.4 Å². The number of halogens is 1. The van der Waals surface area contributed by atoms with Gasteiger partial charge in [-0.1, -0.05) is 24.3 Å². The van der Waals surface area contributed by atoms with E-state index in [2.05, 4.69) is 23.2 Å². The van der Waals surface area contributed by atoms with E-state index < -0.39 is 5.41 Å². The Morgan fingerprint density at radius 3 is 2.79 bits per heavy atom. The Kier molecular flexibility index (Phi) is 6.38. The number of nitrogens with zero attached hydrogens (tertiary/aromatic N) is 2. The molecule has 0 spiro atoms. The molecule has 1 unspecified atom stereocenters. The zero-order valence-corrected chi connectivity index (χ0v) is 18.7. The number of hydrogen-bond acceptors (Lipinski definition) is 4. The fourth-order valence-electron chi connectivity index (χ4n) is 5.22. The summed E-state index contributed by atoms with van der Waals surface area (Å²) in [7, 11) is 0. The third-order valence-corrected chi connectivity index (χ3v) is 6.99. The van der Waals surface area contributed by atoms with Gasteiger partial charge in [0.05, 0.1) is 18.6 Å². The van der Waals surface area contributed by atoms with Crippen molar-refractivity contribution in [2.24, 2.45) is 5.92 Å². The molecule has 1 amide bonds. The number of amides is 1. The Bertz CT molecular complexity index is 1130. The molecular formula is C27H29FN2O3. The van der Waals surface area contributed by atoms with Gasteiger partial charge in [-0.2, -0.15) is 0 Å². The van der Waals surface area contributed by atoms with Crippen LogP contribution < -0.4 is 0 Å². The van der Waals surface area contributed by atoms with Crippen molar-refractivity contribution >= 4 is 16.7 Å². The molecule has 2 aliphatic heterocycles. The van der Waals surface area contributed by atoms with Crippen LogP contribution in [0.25, 0.3) is 10.8 Å². The van der Waals surface area contributed by atoms with Crippen LogP contribution in [0.15, 0.2) is 60.9 Å². The molecule has 0 N–H and O–H groups in total. The van der Waals surface area contributed by atoms with Crippen LogP contribution >= 0.6 is 0 Å². The second-order valence-electron chi connectivity index (χ2n) is 9.16. The van der Waals surface area contributed by atoms with Crippen molar-refractivity contribution in [2.45, 2.75) is 24.7 Å². The maximum atomic E-state index is 14.1. The third-order valence-electron chi connectivity index (χ3n) is 6.99. The second-order valence-corrected chi connectivity index (χ2v) is 9.16. The van der Waals surface area contributed by atoms with Crippen LogP contribution in [0.4, 0.5) is 4.39 Å². The van der Waals surface area contributed by atoms with Crippen molar-refractivity contribution < 1.29 is 18.7 Å². The number of pyridine rings is 1. The van der Waals surface area contributed by atoms with Gasteiger partial charge in [0.1, 0.15) is 5.82 Å². The van der Waals surface area contributed by atoms with Gasteiger partial charge >= 0.3 is 0 Å². The summed E-state index contributed by atoms with van der Waals surface area (Å²) in [4.78, 5) is 20.2. The fraction of sp³-hybridized carbons (Fsp3) is 0.407. The summed E-state index contributed by atoms with van der Waals surface area (Å²) >= 11 is 0. The van der Waals surface area contributed by atoms with E-state index in [1.54, 1.807) is 12.3 Å². The van der Waals surface area contributed by atoms with Crippen molar-refractivity contribution in [1.29, 1.82) is 0 Å². The molecule has 0 aliphatic carbocycles. The maximum absolute atomic E-state index is 14.1. The Morgan fingerprint density at radius 1 is 1.06 bits per heavy atom. The summed E-state index contributed by atoms with van der Waals surface area (Å²) in [5.41, 5.74) is 1.22. The molecule has 1 atom stereocenters. The van der Waals surface area contributed by atoms with E-state index in [9.17, 15) is 9.18 Å². The van der Waals surface area contributed by atoms with Gasteiger partial charge in [0.15, 0.2) is 0 Å². The lowest BCUT2D eigenvalue weighted by Gasteiger charge is -2.40. The highest BCUT2D eigenvalue weighted by atomic mass is 19.1. The van der Waals surface area contributed by atoms with E-state index in [1.165, 1.54) is 23.1 Å². The number of ether oxygens (including phenoxy) is 2. The van der Waals surface area contributed by atoms with Crippen LogP contribution in [0.2, 0.25) is 0 Å². The normalized spacial score (nSPS) is 21.0. The minimum absolute atomic E-state index is 0.0645. The van der Waals surface area contributed by atoms with E-state index >= 15 is 0 Å². The van der Waals surface area contributed by atoms with Crippen molar-refractivity contribution in [2.75, 3.05) is 39.5 Å². The molecular weight excluding hydrogens is 419 g/mol. The van der Waals surface area contributed by atoms with Crippen LogP contribution in [-0.2, 0) is 26.1 Å². The lowest BCUT2D eigenvalue weighted by Crippen LogP contribution is -2.51. The molecule has 2 saturated heterocycles. The molecule has 2 fully saturated rings. The molecule has 3 heterocycles. The number of rotatable bonds is 4. The Hall–Kier alpha value is -2.83. The monoisotopic (exact) mass is 448 g/mol. The molecule has 0 bridgehead atoms. The summed E-state index contributed by atoms with van der Waals surface area (Å²) in [5, 5.41) is 2.28. The Morgan fingerprint density at radius 2 is 1.94 bits per heavy atom. The van der Waals surface area contributed by atoms with Gasteiger partial charge in [-0.15, -0.1) is 0 Å². The molecule has 33 heavy (non-hydrogen) atoms. The van der Waals surface area contributed by atoms with E-state index in [1.807, 2.05) is 23.2 Å². The summed E-state index contributed by atoms with van der Waals surface area (Å²) in [6.45, 7) is 3.31. The zero-order chi connectivity index (χ0) is 22.7. The summed E-state index contributed by atoms with van der Waals surface area (Å²) in [6, 6.07) is 15.0. The van der Waals surface area contributed by atoms with Crippen molar-refractivity contribution in [1.82, 2.24) is 9.88 Å². The first-order valence-corrected chi connectivity index (χ1v) is 11.7. The van der Waals surface area contributed by atoms with Gasteiger partial charge in [0, 0.05) is 50.0 Å². The molecule has 5 rings (SSSR count). The smallest absolute Gasteiger partial charge is 0.233 e. The summed E-state index contributed by atoms with van der Waals surface area (Å²) < 4.78 is 25.6. The van der Waals surface area contributed by atoms with Crippen LogP contribution in [0.1, 0.15) is 24.0 Å². The first kappa shape index (κ1) is 22.0. The van der Waals surface area contributed by atoms with Gasteiger partial charge in [-0.25, -0.2) is 4.39 Å². The number of carbonyl (C=O) groups excluding carboxylic acids is 1. The zero-order valence-electron chi connectivity index (χ0n) is 18.7. The van der Waals surface area contributed by atoms with Crippen molar-refractivity contribution in [3.8, 4) is 0 Å². The minimum Gasteiger partial charge on any atom is -0.381 e. The highest BCUT2D eigenvalue weighted by Crippen LogP contribution is 2.37. The van der Waals surface area contributed by atoms with Gasteiger partial charge in [-0.05, 0) is 60.0 Å². The van der Waals surface area contributed by atoms with Crippen LogP contribution in [-0.4, -0.2) is 55.3 Å². The van der Waals surface area contributed by atoms with Gasteiger partial charge in [0.25, 0.3) is 0 Å². The van der Waals surface area contributed by atoms with E-state index in [-0.39, 0.29) is 17.6 Å². The minimum atomic E-state index is -0.746. The number of fused-ring (bicyclic) bond motifs is 1. The van der Waals surface area contributed by atoms with Gasteiger partial charge in [0.2, 0.25) is 5.91 Å². The number of aromatic nitrogens is 1. The predicted molar refractivity (Wildman–Crippen MR) is 124 cm³/mol. The summed E-state index contributed by atoms with van der Waals surface area (Å²) in [6.07, 6.45) is 5.64. The number of carbonyl (C=O) groups is 1. The van der Waals surface area contributed by atoms with Crippen LogP contribution in [0, 0.1) is 11.7 Å². The number of benzene rings is 2. The molecule has 3 aromatic rings. The molecule has 1 aromatic heterocycles. The molecule has 6 heteroatoms. The quantitative estimate of drug-likeness (QED) is 0.602. The van der Waals surface area contributed by atoms with Crippen LogP contribution in [0.5, 0.6) is 0 Å². The fourth-order valence-corrected chi connectivity index (χ4v) is 5.22. The first-order valence-electron chi connectivity index (χ1n) is 11.7. The highest BCUT2D eigenvalue weighted by molar-refractivity contribution is 5.88. The average Bonchev–Trinajstić information content (AvgIpc) is 3.09. The van der Waals surface area contributed by atoms with Gasteiger partial charge < -0.3 is 14.4 Å². The Labute approximate surface area is 193 Å². The van der Waals surface area contributed by atoms with Gasteiger partial charge in [-0.3, -0.25) is 9.78 Å². The molecule has 2 aromatic carbocycles. The topological polar surface area (TPSA) is 51.7 Å². The average molecular weight is 449 g/mol. The second kappa shape index (κ2) is 9.57. The number of hydrogen-bond donors (Lipinski definition) is 0. The van der Waals surface area contributed by atoms with E-state index in [4.69, 9.17) is 9.47 Å². The lowest BCUT2D eigenvalue weighted by atomic mass is 9.72. The van der Waals surface area contributed by atoms with Crippen molar-refractivity contribution in [3.05, 3.63) is 77.9 Å². The summed E-state index contributed by atoms with van der Waals surface area (Å²) in [5.74, 6) is -0.0568. The largest absolute Gasteiger partial charge is 0.381 e. The maximum Gasteiger partial charge on any atom is 0.233 e.